The van der Waals surface area contributed by atoms with E-state index in [1.165, 1.54) is 12.8 Å². The van der Waals surface area contributed by atoms with Crippen molar-refractivity contribution in [1.29, 1.82) is 0 Å². The third kappa shape index (κ3) is 3.39. The van der Waals surface area contributed by atoms with Crippen LogP contribution in [-0.4, -0.2) is 30.3 Å². The maximum absolute atomic E-state index is 10.6. The van der Waals surface area contributed by atoms with Gasteiger partial charge < -0.3 is 15.2 Å². The van der Waals surface area contributed by atoms with E-state index in [-0.39, 0.29) is 0 Å². The predicted octanol–water partition coefficient (Wildman–Crippen LogP) is 3.06. The molecule has 1 unspecified atom stereocenters. The van der Waals surface area contributed by atoms with Gasteiger partial charge in [-0.25, -0.2) is 0 Å². The molecule has 1 atom stereocenters. The molecule has 22 heavy (non-hydrogen) atoms. The first kappa shape index (κ1) is 15.3. The summed E-state index contributed by atoms with van der Waals surface area (Å²) in [6.07, 6.45) is 5.66. The first-order valence-electron chi connectivity index (χ1n) is 8.09. The highest BCUT2D eigenvalue weighted by atomic mass is 16.5. The number of nitrogens with zero attached hydrogens (tertiary/aromatic N) is 1. The Bertz CT molecular complexity index is 624. The fourth-order valence-electron chi connectivity index (χ4n) is 3.28. The Morgan fingerprint density at radius 3 is 2.91 bits per heavy atom. The smallest absolute Gasteiger partial charge is 0.119 e. The molecule has 0 saturated carbocycles. The Kier molecular flexibility index (Phi) is 4.90. The van der Waals surface area contributed by atoms with Crippen molar-refractivity contribution in [1.82, 2.24) is 10.3 Å². The topological polar surface area (TPSA) is 54.4 Å². The quantitative estimate of drug-likeness (QED) is 0.891. The molecule has 0 aliphatic carbocycles. The zero-order chi connectivity index (χ0) is 15.4. The van der Waals surface area contributed by atoms with Gasteiger partial charge in [0.25, 0.3) is 0 Å². The molecule has 0 amide bonds. The lowest BCUT2D eigenvalue weighted by Crippen LogP contribution is -2.27. The minimum atomic E-state index is -0.438. The zero-order valence-electron chi connectivity index (χ0n) is 13.1. The number of aliphatic hydroxyl groups is 1. The molecular formula is C18H24N2O2. The number of methoxy groups -OCH3 is 1. The molecule has 1 fully saturated rings. The van der Waals surface area contributed by atoms with E-state index in [2.05, 4.69) is 10.3 Å². The third-order valence-electron chi connectivity index (χ3n) is 4.65. The molecule has 2 heterocycles. The summed E-state index contributed by atoms with van der Waals surface area (Å²) in [6.45, 7) is 2.21. The maximum atomic E-state index is 10.6. The van der Waals surface area contributed by atoms with E-state index >= 15 is 0 Å². The van der Waals surface area contributed by atoms with Crippen molar-refractivity contribution in [2.24, 2.45) is 5.92 Å². The van der Waals surface area contributed by atoms with Crippen LogP contribution in [0.4, 0.5) is 0 Å². The summed E-state index contributed by atoms with van der Waals surface area (Å²) in [5.41, 5.74) is 1.86. The second-order valence-electron chi connectivity index (χ2n) is 6.07. The Hall–Kier alpha value is -1.65. The summed E-state index contributed by atoms with van der Waals surface area (Å²) in [4.78, 5) is 4.37. The average molecular weight is 300 g/mol. The van der Waals surface area contributed by atoms with Crippen molar-refractivity contribution in [3.8, 4) is 5.75 Å². The van der Waals surface area contributed by atoms with Gasteiger partial charge in [-0.1, -0.05) is 0 Å². The number of pyridine rings is 1. The maximum Gasteiger partial charge on any atom is 0.119 e. The van der Waals surface area contributed by atoms with Gasteiger partial charge in [0.2, 0.25) is 0 Å². The third-order valence-corrected chi connectivity index (χ3v) is 4.65. The average Bonchev–Trinajstić information content (AvgIpc) is 2.59. The van der Waals surface area contributed by atoms with Gasteiger partial charge in [0, 0.05) is 11.6 Å². The monoisotopic (exact) mass is 300 g/mol. The van der Waals surface area contributed by atoms with E-state index in [4.69, 9.17) is 4.74 Å². The van der Waals surface area contributed by atoms with Crippen LogP contribution in [0.15, 0.2) is 30.5 Å². The molecular weight excluding hydrogens is 276 g/mol. The summed E-state index contributed by atoms with van der Waals surface area (Å²) < 4.78 is 5.30. The fourth-order valence-corrected chi connectivity index (χ4v) is 3.28. The molecule has 0 radical (unpaired) electrons. The predicted molar refractivity (Wildman–Crippen MR) is 88.1 cm³/mol. The molecule has 2 N–H and O–H groups in total. The SMILES string of the molecule is COc1ccc2nccc(C(O)CCC3CCNCC3)c2c1. The number of aromatic nitrogens is 1. The first-order valence-corrected chi connectivity index (χ1v) is 8.09. The van der Waals surface area contributed by atoms with Crippen LogP contribution < -0.4 is 10.1 Å². The van der Waals surface area contributed by atoms with Gasteiger partial charge in [0.1, 0.15) is 5.75 Å². The van der Waals surface area contributed by atoms with E-state index in [1.807, 2.05) is 24.3 Å². The van der Waals surface area contributed by atoms with Gasteiger partial charge in [-0.3, -0.25) is 4.98 Å². The number of piperidine rings is 1. The van der Waals surface area contributed by atoms with Crippen LogP contribution >= 0.6 is 0 Å². The highest BCUT2D eigenvalue weighted by molar-refractivity contribution is 5.83. The van der Waals surface area contributed by atoms with Crippen LogP contribution in [0, 0.1) is 5.92 Å². The number of aliphatic hydroxyl groups excluding tert-OH is 1. The van der Waals surface area contributed by atoms with Crippen LogP contribution in [0.5, 0.6) is 5.75 Å². The number of hydrogen-bond acceptors (Lipinski definition) is 4. The van der Waals surface area contributed by atoms with Crippen LogP contribution in [0.1, 0.15) is 37.4 Å². The summed E-state index contributed by atoms with van der Waals surface area (Å²) in [5, 5.41) is 15.0. The van der Waals surface area contributed by atoms with Crippen LogP contribution in [0.2, 0.25) is 0 Å². The molecule has 1 aliphatic rings. The molecule has 0 bridgehead atoms. The lowest BCUT2D eigenvalue weighted by Gasteiger charge is -2.23. The molecule has 118 valence electrons. The molecule has 4 heteroatoms. The Labute approximate surface area is 131 Å². The van der Waals surface area contributed by atoms with Gasteiger partial charge in [0.05, 0.1) is 18.7 Å². The fraction of sp³-hybridized carbons (Fsp3) is 0.500. The number of benzene rings is 1. The lowest BCUT2D eigenvalue weighted by molar-refractivity contribution is 0.153. The molecule has 0 spiro atoms. The molecule has 3 rings (SSSR count). The zero-order valence-corrected chi connectivity index (χ0v) is 13.1. The molecule has 1 aromatic heterocycles. The minimum Gasteiger partial charge on any atom is -0.497 e. The van der Waals surface area contributed by atoms with Crippen molar-refractivity contribution in [2.75, 3.05) is 20.2 Å². The van der Waals surface area contributed by atoms with Crippen molar-refractivity contribution in [3.05, 3.63) is 36.0 Å². The largest absolute Gasteiger partial charge is 0.497 e. The Morgan fingerprint density at radius 2 is 2.14 bits per heavy atom. The number of ether oxygens (including phenoxy) is 1. The second kappa shape index (κ2) is 7.07. The number of rotatable bonds is 5. The van der Waals surface area contributed by atoms with Crippen molar-refractivity contribution in [2.45, 2.75) is 31.8 Å². The van der Waals surface area contributed by atoms with E-state index < -0.39 is 6.10 Å². The Morgan fingerprint density at radius 1 is 1.32 bits per heavy atom. The normalized spacial score (nSPS) is 17.5. The van der Waals surface area contributed by atoms with Crippen LogP contribution in [0.25, 0.3) is 10.9 Å². The van der Waals surface area contributed by atoms with Crippen molar-refractivity contribution in [3.63, 3.8) is 0 Å². The number of fused-ring (bicyclic) bond motifs is 1. The standard InChI is InChI=1S/C18H24N2O2/c1-22-14-3-4-17-16(12-14)15(8-11-20-17)18(21)5-2-13-6-9-19-10-7-13/h3-4,8,11-13,18-19,21H,2,5-7,9-10H2,1H3. The van der Waals surface area contributed by atoms with Crippen LogP contribution in [-0.2, 0) is 0 Å². The van der Waals surface area contributed by atoms with E-state index in [1.54, 1.807) is 13.3 Å². The van der Waals surface area contributed by atoms with Gasteiger partial charge in [-0.05, 0) is 74.5 Å². The van der Waals surface area contributed by atoms with Gasteiger partial charge in [-0.15, -0.1) is 0 Å². The summed E-state index contributed by atoms with van der Waals surface area (Å²) >= 11 is 0. The highest BCUT2D eigenvalue weighted by Crippen LogP contribution is 2.30. The highest BCUT2D eigenvalue weighted by Gasteiger charge is 2.17. The number of nitrogens with one attached hydrogen (secondary N) is 1. The van der Waals surface area contributed by atoms with Gasteiger partial charge in [-0.2, -0.15) is 0 Å². The van der Waals surface area contributed by atoms with Gasteiger partial charge in [0.15, 0.2) is 0 Å². The van der Waals surface area contributed by atoms with E-state index in [9.17, 15) is 5.11 Å². The van der Waals surface area contributed by atoms with Crippen LogP contribution in [0.3, 0.4) is 0 Å². The lowest BCUT2D eigenvalue weighted by atomic mass is 9.90. The summed E-state index contributed by atoms with van der Waals surface area (Å²) in [7, 11) is 1.66. The summed E-state index contributed by atoms with van der Waals surface area (Å²) in [5.74, 6) is 1.53. The minimum absolute atomic E-state index is 0.438. The Balaban J connectivity index is 1.76. The number of hydrogen-bond donors (Lipinski definition) is 2. The second-order valence-corrected chi connectivity index (χ2v) is 6.07. The summed E-state index contributed by atoms with van der Waals surface area (Å²) in [6, 6.07) is 7.73. The molecule has 1 aliphatic heterocycles. The molecule has 2 aromatic rings. The van der Waals surface area contributed by atoms with E-state index in [0.29, 0.717) is 0 Å². The van der Waals surface area contributed by atoms with Crippen molar-refractivity contribution < 1.29 is 9.84 Å². The van der Waals surface area contributed by atoms with Gasteiger partial charge >= 0.3 is 0 Å². The molecule has 1 saturated heterocycles. The first-order chi connectivity index (χ1) is 10.8. The molecule has 1 aromatic carbocycles. The van der Waals surface area contributed by atoms with E-state index in [0.717, 1.165) is 54.1 Å². The molecule has 4 nitrogen and oxygen atoms in total. The van der Waals surface area contributed by atoms with Crippen molar-refractivity contribution >= 4 is 10.9 Å².